The smallest absolute Gasteiger partial charge is 0.237 e. The number of nitrogens with one attached hydrogen (secondary N) is 1. The summed E-state index contributed by atoms with van der Waals surface area (Å²) in [6.07, 6.45) is 0. The van der Waals surface area contributed by atoms with Gasteiger partial charge in [-0.25, -0.2) is 4.39 Å². The Morgan fingerprint density at radius 1 is 1.12 bits per heavy atom. The molecule has 0 bridgehead atoms. The first-order valence-electron chi connectivity index (χ1n) is 8.05. The lowest BCUT2D eigenvalue weighted by atomic mass is 10.1. The second kappa shape index (κ2) is 7.62. The number of halogens is 1. The van der Waals surface area contributed by atoms with Crippen LogP contribution in [0.5, 0.6) is 0 Å². The first kappa shape index (κ1) is 18.2. The average Bonchev–Trinajstić information content (AvgIpc) is 2.91. The molecule has 24 heavy (non-hydrogen) atoms. The molecule has 1 N–H and O–H groups in total. The molecule has 5 heteroatoms. The van der Waals surface area contributed by atoms with E-state index in [4.69, 9.17) is 4.42 Å². The van der Waals surface area contributed by atoms with E-state index >= 15 is 0 Å². The maximum Gasteiger partial charge on any atom is 0.237 e. The van der Waals surface area contributed by atoms with Crippen LogP contribution in [-0.4, -0.2) is 22.9 Å². The lowest BCUT2D eigenvalue weighted by Crippen LogP contribution is -2.44. The lowest BCUT2D eigenvalue weighted by Gasteiger charge is -2.25. The molecule has 0 spiro atoms. The van der Waals surface area contributed by atoms with Crippen LogP contribution in [0.15, 0.2) is 40.8 Å². The van der Waals surface area contributed by atoms with Crippen molar-refractivity contribution in [3.8, 4) is 0 Å². The van der Waals surface area contributed by atoms with Crippen LogP contribution in [0.1, 0.15) is 37.9 Å². The van der Waals surface area contributed by atoms with Crippen LogP contribution in [0, 0.1) is 12.7 Å². The molecule has 4 nitrogen and oxygen atoms in total. The maximum atomic E-state index is 13.1. The van der Waals surface area contributed by atoms with Gasteiger partial charge >= 0.3 is 0 Å². The number of amides is 1. The number of benzene rings is 1. The Labute approximate surface area is 142 Å². The van der Waals surface area contributed by atoms with E-state index in [1.807, 2.05) is 39.8 Å². The van der Waals surface area contributed by atoms with Gasteiger partial charge in [-0.3, -0.25) is 4.79 Å². The minimum atomic E-state index is -0.285. The normalized spacial score (nSPS) is 11.5. The monoisotopic (exact) mass is 332 g/mol. The van der Waals surface area contributed by atoms with E-state index in [2.05, 4.69) is 5.32 Å². The third-order valence-electron chi connectivity index (χ3n) is 3.55. The first-order chi connectivity index (χ1) is 11.2. The van der Waals surface area contributed by atoms with E-state index in [-0.39, 0.29) is 23.8 Å². The van der Waals surface area contributed by atoms with Gasteiger partial charge in [-0.1, -0.05) is 12.1 Å². The highest BCUT2D eigenvalue weighted by atomic mass is 19.1. The molecule has 1 aromatic heterocycles. The highest BCUT2D eigenvalue weighted by Gasteiger charge is 2.19. The van der Waals surface area contributed by atoms with Gasteiger partial charge in [-0.15, -0.1) is 0 Å². The van der Waals surface area contributed by atoms with Crippen LogP contribution >= 0.6 is 0 Å². The number of carbonyl (C=O) groups is 1. The molecule has 0 fully saturated rings. The predicted molar refractivity (Wildman–Crippen MR) is 91.9 cm³/mol. The van der Waals surface area contributed by atoms with Crippen LogP contribution in [0.3, 0.4) is 0 Å². The molecule has 2 aromatic rings. The van der Waals surface area contributed by atoms with Gasteiger partial charge in [0.05, 0.1) is 13.1 Å². The number of aryl methyl sites for hydroxylation is 1. The van der Waals surface area contributed by atoms with Crippen molar-refractivity contribution < 1.29 is 13.6 Å². The zero-order valence-electron chi connectivity index (χ0n) is 14.7. The molecular weight excluding hydrogens is 307 g/mol. The van der Waals surface area contributed by atoms with Gasteiger partial charge in [0.2, 0.25) is 5.91 Å². The fourth-order valence-electron chi connectivity index (χ4n) is 2.25. The second-order valence-electron chi connectivity index (χ2n) is 6.99. The Balaban J connectivity index is 2.10. The van der Waals surface area contributed by atoms with Crippen molar-refractivity contribution in [2.75, 3.05) is 6.54 Å². The van der Waals surface area contributed by atoms with Gasteiger partial charge in [-0.2, -0.15) is 0 Å². The van der Waals surface area contributed by atoms with Crippen LogP contribution < -0.4 is 5.32 Å². The summed E-state index contributed by atoms with van der Waals surface area (Å²) in [7, 11) is 0. The molecule has 0 unspecified atom stereocenters. The van der Waals surface area contributed by atoms with Gasteiger partial charge in [0, 0.05) is 12.1 Å². The van der Waals surface area contributed by atoms with Crippen molar-refractivity contribution >= 4 is 5.91 Å². The summed E-state index contributed by atoms with van der Waals surface area (Å²) in [5, 5.41) is 3.21. The van der Waals surface area contributed by atoms with Gasteiger partial charge in [-0.05, 0) is 57.5 Å². The van der Waals surface area contributed by atoms with Gasteiger partial charge < -0.3 is 14.6 Å². The van der Waals surface area contributed by atoms with E-state index in [1.165, 1.54) is 12.1 Å². The number of carbonyl (C=O) groups excluding carboxylic acids is 1. The molecule has 130 valence electrons. The standard InChI is InChI=1S/C19H25FN2O2/c1-14-5-10-17(24-14)13-22(18(23)11-21-19(2,3)4)12-15-6-8-16(20)9-7-15/h5-10,21H,11-13H2,1-4H3. The van der Waals surface area contributed by atoms with Crippen molar-refractivity contribution in [2.45, 2.75) is 46.3 Å². The van der Waals surface area contributed by atoms with Crippen LogP contribution in [-0.2, 0) is 17.9 Å². The topological polar surface area (TPSA) is 45.5 Å². The van der Waals surface area contributed by atoms with E-state index in [1.54, 1.807) is 17.0 Å². The van der Waals surface area contributed by atoms with Crippen molar-refractivity contribution in [1.29, 1.82) is 0 Å². The van der Waals surface area contributed by atoms with E-state index in [0.29, 0.717) is 13.1 Å². The molecule has 0 atom stereocenters. The Morgan fingerprint density at radius 3 is 2.33 bits per heavy atom. The van der Waals surface area contributed by atoms with Crippen molar-refractivity contribution in [3.63, 3.8) is 0 Å². The number of hydrogen-bond donors (Lipinski definition) is 1. The molecule has 0 aliphatic heterocycles. The third-order valence-corrected chi connectivity index (χ3v) is 3.55. The molecule has 1 aromatic carbocycles. The third kappa shape index (κ3) is 5.81. The Morgan fingerprint density at radius 2 is 1.79 bits per heavy atom. The molecular formula is C19H25FN2O2. The first-order valence-corrected chi connectivity index (χ1v) is 8.05. The molecule has 0 saturated carbocycles. The summed E-state index contributed by atoms with van der Waals surface area (Å²) in [5.41, 5.74) is 0.738. The van der Waals surface area contributed by atoms with Crippen molar-refractivity contribution in [2.24, 2.45) is 0 Å². The Bertz CT molecular complexity index is 671. The molecule has 0 aliphatic rings. The summed E-state index contributed by atoms with van der Waals surface area (Å²) in [4.78, 5) is 14.3. The predicted octanol–water partition coefficient (Wildman–Crippen LogP) is 3.64. The molecule has 1 heterocycles. The molecule has 2 rings (SSSR count). The maximum absolute atomic E-state index is 13.1. The number of hydrogen-bond acceptors (Lipinski definition) is 3. The fraction of sp³-hybridized carbons (Fsp3) is 0.421. The van der Waals surface area contributed by atoms with Gasteiger partial charge in [0.1, 0.15) is 17.3 Å². The molecule has 1 amide bonds. The lowest BCUT2D eigenvalue weighted by molar-refractivity contribution is -0.132. The number of furan rings is 1. The average molecular weight is 332 g/mol. The minimum Gasteiger partial charge on any atom is -0.464 e. The van der Waals surface area contributed by atoms with Gasteiger partial charge in [0.25, 0.3) is 0 Å². The molecule has 0 saturated heterocycles. The summed E-state index contributed by atoms with van der Waals surface area (Å²) >= 11 is 0. The summed E-state index contributed by atoms with van der Waals surface area (Å²) in [5.74, 6) is 1.24. The highest BCUT2D eigenvalue weighted by Crippen LogP contribution is 2.14. The number of nitrogens with zero attached hydrogens (tertiary/aromatic N) is 1. The minimum absolute atomic E-state index is 0.0247. The van der Waals surface area contributed by atoms with E-state index < -0.39 is 0 Å². The van der Waals surface area contributed by atoms with Crippen molar-refractivity contribution in [3.05, 3.63) is 59.3 Å². The second-order valence-corrected chi connectivity index (χ2v) is 6.99. The Hall–Kier alpha value is -2.14. The molecule has 0 radical (unpaired) electrons. The van der Waals surface area contributed by atoms with Crippen LogP contribution in [0.2, 0.25) is 0 Å². The van der Waals surface area contributed by atoms with Crippen LogP contribution in [0.25, 0.3) is 0 Å². The highest BCUT2D eigenvalue weighted by molar-refractivity contribution is 5.78. The Kier molecular flexibility index (Phi) is 5.78. The summed E-state index contributed by atoms with van der Waals surface area (Å²) in [6, 6.07) is 9.95. The zero-order chi connectivity index (χ0) is 17.7. The molecule has 0 aliphatic carbocycles. The van der Waals surface area contributed by atoms with Crippen molar-refractivity contribution in [1.82, 2.24) is 10.2 Å². The fourth-order valence-corrected chi connectivity index (χ4v) is 2.25. The summed E-state index contributed by atoms with van der Waals surface area (Å²) in [6.45, 7) is 8.95. The quantitative estimate of drug-likeness (QED) is 0.878. The largest absolute Gasteiger partial charge is 0.464 e. The number of rotatable bonds is 6. The SMILES string of the molecule is Cc1ccc(CN(Cc2ccc(F)cc2)C(=O)CNC(C)(C)C)o1. The van der Waals surface area contributed by atoms with Gasteiger partial charge in [0.15, 0.2) is 0 Å². The van der Waals surface area contributed by atoms with Crippen LogP contribution in [0.4, 0.5) is 4.39 Å². The van der Waals surface area contributed by atoms with E-state index in [9.17, 15) is 9.18 Å². The van der Waals surface area contributed by atoms with E-state index in [0.717, 1.165) is 17.1 Å². The zero-order valence-corrected chi connectivity index (χ0v) is 14.7. The summed E-state index contributed by atoms with van der Waals surface area (Å²) < 4.78 is 18.7.